The molecule has 0 aromatic carbocycles. The number of hydrogen-bond donors (Lipinski definition) is 5. The molecule has 0 bridgehead atoms. The van der Waals surface area contributed by atoms with Crippen molar-refractivity contribution in [3.63, 3.8) is 0 Å². The van der Waals surface area contributed by atoms with Gasteiger partial charge in [-0.05, 0) is 286 Å². The molecule has 0 amide bonds. The van der Waals surface area contributed by atoms with Crippen molar-refractivity contribution in [2.75, 3.05) is 118 Å². The summed E-state index contributed by atoms with van der Waals surface area (Å²) in [5, 5.41) is 57.7. The zero-order valence-electron chi connectivity index (χ0n) is 75.5. The molecule has 0 aromatic heterocycles. The maximum absolute atomic E-state index is 12.7. The van der Waals surface area contributed by atoms with Gasteiger partial charge in [-0.1, -0.05) is 76.2 Å². The topological polar surface area (TPSA) is 231 Å². The molecular weight excluding hydrogens is 1490 g/mol. The summed E-state index contributed by atoms with van der Waals surface area (Å²) >= 11 is 0. The number of aliphatic hydroxyl groups is 5. The van der Waals surface area contributed by atoms with Gasteiger partial charge in [-0.2, -0.15) is 9.59 Å². The van der Waals surface area contributed by atoms with E-state index < -0.39 is 41.2 Å². The molecular formula is C93H161ClMgN4O16. The van der Waals surface area contributed by atoms with E-state index >= 15 is 0 Å². The zero-order chi connectivity index (χ0) is 80.7. The molecule has 5 N–H and O–H groups in total. The Morgan fingerprint density at radius 3 is 1.23 bits per heavy atom. The summed E-state index contributed by atoms with van der Waals surface area (Å²) in [5.74, 6) is 5.11. The Kier molecular flexibility index (Phi) is 29.2. The second kappa shape index (κ2) is 35.2. The standard InChI is InChI=1S/C44H76N2O7.C43H74N2O6.C4H8O.CO2.CH3.ClH.Mg/c1-11-50-37(40(7,8)49)29-20-27(2)34-35(52-29)36(47)42(10)31-13-12-30-39(5,6)32(14-15-43(30)25-44(31,43)17-16-41(34,42)9)53-33-24-45(18-19-51-33)21-28-22-46(23-28)26-38(3,4)48;1-10-18-44-22-28(23-44)24-45-19-20-49-33(25-45)51-32-14-15-42-26-43(42)17-16-40(8)34-27(3)21-29(37(48-11-2)39(6,7)47)50-35(34)36(46)41(40,9)31(43)13-12-30(42)38(32,4)5;1-2-4-5-3-1;2-1-3;;;/h27-37,47-49H,11-26H2,1-10H3;27-37,46-47H,10-26H2,1-9H3;1-4H2;;1H3;1H;/q;;;;-1;;+2/p-1/t27-,29-,30+,31+,32+,33+,34+,35+,36+,37+,41-,42-,43-,44+;27-,29-,30+,31+,32+,33+,34+,35+,36+,37+,40-,41-,42-,43+;;;;;/m11...../s1. The first-order valence-corrected chi connectivity index (χ1v) is 45.7. The van der Waals surface area contributed by atoms with E-state index in [1.54, 1.807) is 0 Å². The number of halogens is 1. The number of hydrogen-bond acceptors (Lipinski definition) is 20. The second-order valence-corrected chi connectivity index (χ2v) is 44.4. The largest absolute Gasteiger partial charge is 2.00 e. The fourth-order valence-corrected chi connectivity index (χ4v) is 31.6. The smallest absolute Gasteiger partial charge is 1.00 e. The molecule has 17 fully saturated rings. The van der Waals surface area contributed by atoms with Crippen molar-refractivity contribution in [2.45, 2.75) is 344 Å². The van der Waals surface area contributed by atoms with Crippen LogP contribution in [0.25, 0.3) is 0 Å². The van der Waals surface area contributed by atoms with E-state index in [2.05, 4.69) is 95.8 Å². The van der Waals surface area contributed by atoms with Gasteiger partial charge in [-0.3, -0.25) is 14.7 Å². The number of fused-ring (bicyclic) bond motifs is 8. The van der Waals surface area contributed by atoms with Gasteiger partial charge in [0.1, 0.15) is 12.2 Å². The summed E-state index contributed by atoms with van der Waals surface area (Å²) in [5.41, 5.74) is -1.57. The number of ether oxygens (including phenoxy) is 9. The quantitative estimate of drug-likeness (QED) is 0.0564. The average Bonchev–Trinajstić information content (AvgIpc) is 1.46. The van der Waals surface area contributed by atoms with E-state index in [4.69, 9.17) is 52.2 Å². The third kappa shape index (κ3) is 16.3. The van der Waals surface area contributed by atoms with Crippen molar-refractivity contribution in [2.24, 2.45) is 113 Å². The Labute approximate surface area is 717 Å². The first-order chi connectivity index (χ1) is 52.7. The molecule has 115 heavy (non-hydrogen) atoms. The van der Waals surface area contributed by atoms with Crippen molar-refractivity contribution in [3.8, 4) is 0 Å². The average molecular weight is 1650 g/mol. The van der Waals surface area contributed by atoms with Crippen molar-refractivity contribution in [3.05, 3.63) is 7.43 Å². The molecule has 22 heteroatoms. The molecule has 28 atom stereocenters. The molecule has 10 saturated carbocycles. The summed E-state index contributed by atoms with van der Waals surface area (Å²) in [4.78, 5) is 26.4. The van der Waals surface area contributed by atoms with E-state index in [1.807, 2.05) is 55.4 Å². The van der Waals surface area contributed by atoms with Crippen LogP contribution in [0.5, 0.6) is 0 Å². The molecule has 7 aliphatic heterocycles. The number of carbonyl (C=O) groups excluding carboxylic acids is 2. The normalized spacial score (nSPS) is 46.1. The molecule has 4 spiro atoms. The van der Waals surface area contributed by atoms with Crippen LogP contribution < -0.4 is 12.4 Å². The minimum absolute atomic E-state index is 0. The van der Waals surface area contributed by atoms with E-state index in [9.17, 15) is 25.5 Å². The van der Waals surface area contributed by atoms with Crippen molar-refractivity contribution in [1.29, 1.82) is 0 Å². The minimum atomic E-state index is -1.02. The molecule has 7 saturated heterocycles. The van der Waals surface area contributed by atoms with Gasteiger partial charge in [0, 0.05) is 109 Å². The van der Waals surface area contributed by atoms with Crippen LogP contribution in [0.1, 0.15) is 254 Å². The fraction of sp³-hybridized carbons (Fsp3) is 0.978. The van der Waals surface area contributed by atoms with E-state index in [0.717, 1.165) is 117 Å². The Morgan fingerprint density at radius 2 is 0.887 bits per heavy atom. The molecule has 10 aliphatic carbocycles. The van der Waals surface area contributed by atoms with Gasteiger partial charge >= 0.3 is 29.2 Å². The molecule has 0 aromatic rings. The summed E-state index contributed by atoms with van der Waals surface area (Å²) in [7, 11) is 0. The molecule has 658 valence electrons. The molecule has 7 heterocycles. The molecule has 17 aliphatic rings. The van der Waals surface area contributed by atoms with Crippen LogP contribution in [0.15, 0.2) is 0 Å². The number of likely N-dealkylation sites (tertiary alicyclic amines) is 2. The van der Waals surface area contributed by atoms with E-state index in [0.29, 0.717) is 88.1 Å². The van der Waals surface area contributed by atoms with E-state index in [1.165, 1.54) is 116 Å². The van der Waals surface area contributed by atoms with Gasteiger partial charge in [0.2, 0.25) is 0 Å². The van der Waals surface area contributed by atoms with Crippen LogP contribution in [-0.4, -0.2) is 283 Å². The molecule has 0 unspecified atom stereocenters. The minimum Gasteiger partial charge on any atom is -1.00 e. The third-order valence-electron chi connectivity index (χ3n) is 36.2. The van der Waals surface area contributed by atoms with Crippen LogP contribution in [0.4, 0.5) is 0 Å². The van der Waals surface area contributed by atoms with Gasteiger partial charge in [-0.15, -0.1) is 0 Å². The fourth-order valence-electron chi connectivity index (χ4n) is 31.6. The third-order valence-corrected chi connectivity index (χ3v) is 36.2. The second-order valence-electron chi connectivity index (χ2n) is 44.4. The number of rotatable bonds is 20. The SMILES string of the molecule is C1CCOC1.CCCN1CC(CN2CCO[C@@H](O[C@H]3CC[C@]45C[C@]46CC[C@]4(C)[C@@H]7[C@H](O[C@@H]([C@H](OCC)C(C)(C)O)C[C@H]7C)[C@H](O)[C@@]4(C)[C@@H]6CC[C@H]5C3(C)C)C2)C1.CCO[C@@H]([C@H]1C[C@@H](C)[C@H]2[C@H](O1)[C@H](O)[C@@]1(C)[C@@H]3CC[C@H]4C(C)(C)[C@@H](O[C@H]5CN(CC6CN(CC(C)(C)O)C6)CCO5)CC[C@@]45C[C@@]35CC[C@]21C)C(C)(C)O.O=C=O.[CH3-].[Cl-].[Mg+2]. The molecule has 20 nitrogen and oxygen atoms in total. The number of β-amino-alcohol motifs (C(OH)–C–C–N with tert-alkyl or cyclic N) is 1. The Hall–Kier alpha value is -0.284. The first-order valence-electron chi connectivity index (χ1n) is 45.7. The van der Waals surface area contributed by atoms with Gasteiger partial charge in [0.25, 0.3) is 0 Å². The van der Waals surface area contributed by atoms with Crippen molar-refractivity contribution >= 4 is 29.2 Å². The van der Waals surface area contributed by atoms with Gasteiger partial charge in [0.15, 0.2) is 12.6 Å². The van der Waals surface area contributed by atoms with Crippen LogP contribution in [0, 0.1) is 121 Å². The van der Waals surface area contributed by atoms with Crippen LogP contribution in [0.3, 0.4) is 0 Å². The van der Waals surface area contributed by atoms with Gasteiger partial charge in [-0.25, -0.2) is 0 Å². The first kappa shape index (κ1) is 95.4. The summed E-state index contributed by atoms with van der Waals surface area (Å²) in [6, 6.07) is 0. The van der Waals surface area contributed by atoms with Crippen LogP contribution >= 0.6 is 0 Å². The summed E-state index contributed by atoms with van der Waals surface area (Å²) < 4.78 is 57.9. The monoisotopic (exact) mass is 1650 g/mol. The Morgan fingerprint density at radius 1 is 0.513 bits per heavy atom. The molecule has 0 radical (unpaired) electrons. The van der Waals surface area contributed by atoms with Gasteiger partial charge in [0.05, 0.1) is 78.8 Å². The van der Waals surface area contributed by atoms with Crippen molar-refractivity contribution in [1.82, 2.24) is 19.6 Å². The summed E-state index contributed by atoms with van der Waals surface area (Å²) in [6.07, 6.45) is 20.2. The Balaban J connectivity index is 0.000000202. The maximum atomic E-state index is 12.7. The van der Waals surface area contributed by atoms with Crippen LogP contribution in [0.2, 0.25) is 0 Å². The maximum Gasteiger partial charge on any atom is 2.00 e. The van der Waals surface area contributed by atoms with Crippen LogP contribution in [-0.2, 0) is 52.2 Å². The van der Waals surface area contributed by atoms with Crippen molar-refractivity contribution < 1.29 is 90.2 Å². The van der Waals surface area contributed by atoms with Gasteiger partial charge < -0.3 is 92.9 Å². The number of nitrogens with zero attached hydrogens (tertiary/aromatic N) is 4. The zero-order valence-corrected chi connectivity index (χ0v) is 77.6. The van der Waals surface area contributed by atoms with E-state index in [-0.39, 0.29) is 131 Å². The summed E-state index contributed by atoms with van der Waals surface area (Å²) in [6.45, 7) is 59.4. The predicted octanol–water partition coefficient (Wildman–Crippen LogP) is 9.37. The Bertz CT molecular complexity index is 3240. The number of morpholine rings is 2. The molecule has 17 rings (SSSR count). The number of aliphatic hydroxyl groups excluding tert-OH is 2. The predicted molar refractivity (Wildman–Crippen MR) is 441 cm³/mol.